The first-order valence-electron chi connectivity index (χ1n) is 6.45. The maximum Gasteiger partial charge on any atom is 0.123 e. The van der Waals surface area contributed by atoms with Gasteiger partial charge in [0.05, 0.1) is 0 Å². The molecule has 0 spiro atoms. The van der Waals surface area contributed by atoms with Crippen molar-refractivity contribution < 1.29 is 4.39 Å². The van der Waals surface area contributed by atoms with E-state index in [9.17, 15) is 4.39 Å². The van der Waals surface area contributed by atoms with Crippen LogP contribution in [0.3, 0.4) is 0 Å². The number of hydrogen-bond acceptors (Lipinski definition) is 0. The highest BCUT2D eigenvalue weighted by Crippen LogP contribution is 2.34. The van der Waals surface area contributed by atoms with Crippen LogP contribution in [-0.2, 0) is 0 Å². The molecule has 0 aromatic heterocycles. The van der Waals surface area contributed by atoms with Gasteiger partial charge >= 0.3 is 0 Å². The molecule has 3 rings (SSSR count). The van der Waals surface area contributed by atoms with Gasteiger partial charge in [-0.15, -0.1) is 0 Å². The molecule has 0 fully saturated rings. The zero-order chi connectivity index (χ0) is 14.8. The van der Waals surface area contributed by atoms with Crippen LogP contribution in [0.2, 0.25) is 5.02 Å². The van der Waals surface area contributed by atoms with E-state index < -0.39 is 0 Å². The Morgan fingerprint density at radius 3 is 1.95 bits per heavy atom. The Bertz CT molecular complexity index is 764. The Morgan fingerprint density at radius 2 is 1.29 bits per heavy atom. The predicted molar refractivity (Wildman–Crippen MR) is 90.0 cm³/mol. The summed E-state index contributed by atoms with van der Waals surface area (Å²) in [6.45, 7) is 0. The summed E-state index contributed by atoms with van der Waals surface area (Å²) < 4.78 is 14.1. The minimum Gasteiger partial charge on any atom is -0.207 e. The summed E-state index contributed by atoms with van der Waals surface area (Å²) >= 11 is 9.46. The van der Waals surface area contributed by atoms with Crippen LogP contribution in [-0.4, -0.2) is 0 Å². The number of halogens is 3. The van der Waals surface area contributed by atoms with Gasteiger partial charge in [0.25, 0.3) is 0 Å². The molecule has 0 saturated heterocycles. The van der Waals surface area contributed by atoms with Gasteiger partial charge in [-0.05, 0) is 58.7 Å². The average Bonchev–Trinajstić information content (AvgIpc) is 2.49. The molecule has 0 aliphatic heterocycles. The van der Waals surface area contributed by atoms with Crippen molar-refractivity contribution in [1.82, 2.24) is 0 Å². The molecule has 21 heavy (non-hydrogen) atoms. The van der Waals surface area contributed by atoms with Crippen LogP contribution >= 0.6 is 27.5 Å². The van der Waals surface area contributed by atoms with Gasteiger partial charge in [0.15, 0.2) is 0 Å². The number of rotatable bonds is 2. The van der Waals surface area contributed by atoms with E-state index in [1.54, 1.807) is 12.1 Å². The third-order valence-corrected chi connectivity index (χ3v) is 4.04. The fourth-order valence-electron chi connectivity index (χ4n) is 2.27. The molecular formula is C18H11BrClF. The van der Waals surface area contributed by atoms with E-state index in [0.29, 0.717) is 5.02 Å². The standard InChI is InChI=1S/C18H11BrClF/c19-14-5-10-17(12-3-8-16(21)9-4-12)18(11-14)13-1-6-15(20)7-2-13/h1-11H. The Hall–Kier alpha value is -1.64. The van der Waals surface area contributed by atoms with Crippen molar-refractivity contribution in [3.05, 3.63) is 82.0 Å². The molecule has 0 amide bonds. The molecule has 0 aliphatic rings. The van der Waals surface area contributed by atoms with Crippen molar-refractivity contribution in [1.29, 1.82) is 0 Å². The highest BCUT2D eigenvalue weighted by atomic mass is 79.9. The molecule has 0 N–H and O–H groups in total. The van der Waals surface area contributed by atoms with Gasteiger partial charge in [-0.3, -0.25) is 0 Å². The van der Waals surface area contributed by atoms with Gasteiger partial charge in [-0.1, -0.05) is 57.9 Å². The van der Waals surface area contributed by atoms with Crippen molar-refractivity contribution in [2.45, 2.75) is 0 Å². The van der Waals surface area contributed by atoms with Gasteiger partial charge in [0.1, 0.15) is 5.82 Å². The summed E-state index contributed by atoms with van der Waals surface area (Å²) in [4.78, 5) is 0. The molecule has 0 radical (unpaired) electrons. The molecule has 0 unspecified atom stereocenters. The zero-order valence-corrected chi connectivity index (χ0v) is 13.3. The van der Waals surface area contributed by atoms with Gasteiger partial charge in [0, 0.05) is 9.50 Å². The van der Waals surface area contributed by atoms with E-state index in [4.69, 9.17) is 11.6 Å². The Labute approximate surface area is 136 Å². The summed E-state index contributed by atoms with van der Waals surface area (Å²) in [6.07, 6.45) is 0. The van der Waals surface area contributed by atoms with Crippen LogP contribution in [0.15, 0.2) is 71.2 Å². The smallest absolute Gasteiger partial charge is 0.123 e. The van der Waals surface area contributed by atoms with Crippen molar-refractivity contribution in [3.63, 3.8) is 0 Å². The van der Waals surface area contributed by atoms with E-state index in [1.807, 2.05) is 36.4 Å². The predicted octanol–water partition coefficient (Wildman–Crippen LogP) is 6.58. The first-order valence-corrected chi connectivity index (χ1v) is 7.62. The van der Waals surface area contributed by atoms with Crippen LogP contribution < -0.4 is 0 Å². The monoisotopic (exact) mass is 360 g/mol. The molecule has 0 aliphatic carbocycles. The summed E-state index contributed by atoms with van der Waals surface area (Å²) in [5.41, 5.74) is 4.18. The van der Waals surface area contributed by atoms with Gasteiger partial charge in [0.2, 0.25) is 0 Å². The highest BCUT2D eigenvalue weighted by Gasteiger charge is 2.08. The minimum atomic E-state index is -0.232. The van der Waals surface area contributed by atoms with E-state index in [1.165, 1.54) is 12.1 Å². The third-order valence-electron chi connectivity index (χ3n) is 3.29. The Kier molecular flexibility index (Phi) is 4.09. The summed E-state index contributed by atoms with van der Waals surface area (Å²) in [6, 6.07) is 20.3. The van der Waals surface area contributed by atoms with Crippen LogP contribution in [0, 0.1) is 5.82 Å². The first kappa shape index (κ1) is 14.3. The average molecular weight is 362 g/mol. The summed E-state index contributed by atoms with van der Waals surface area (Å²) in [5, 5.41) is 0.706. The fourth-order valence-corrected chi connectivity index (χ4v) is 2.75. The van der Waals surface area contributed by atoms with Crippen molar-refractivity contribution >= 4 is 27.5 Å². The molecule has 104 valence electrons. The third kappa shape index (κ3) is 3.17. The molecule has 0 atom stereocenters. The number of benzene rings is 3. The SMILES string of the molecule is Fc1ccc(-c2ccc(Br)cc2-c2ccc(Cl)cc2)cc1. The largest absolute Gasteiger partial charge is 0.207 e. The fraction of sp³-hybridized carbons (Fsp3) is 0. The first-order chi connectivity index (χ1) is 10.1. The van der Waals surface area contributed by atoms with Crippen LogP contribution in [0.25, 0.3) is 22.3 Å². The molecular weight excluding hydrogens is 351 g/mol. The van der Waals surface area contributed by atoms with E-state index in [-0.39, 0.29) is 5.82 Å². The quantitative estimate of drug-likeness (QED) is 0.484. The molecule has 0 bridgehead atoms. The van der Waals surface area contributed by atoms with E-state index in [0.717, 1.165) is 26.7 Å². The van der Waals surface area contributed by atoms with Crippen LogP contribution in [0.5, 0.6) is 0 Å². The zero-order valence-electron chi connectivity index (χ0n) is 11.0. The van der Waals surface area contributed by atoms with Gasteiger partial charge in [-0.25, -0.2) is 4.39 Å². The maximum absolute atomic E-state index is 13.1. The molecule has 0 heterocycles. The maximum atomic E-state index is 13.1. The molecule has 3 aromatic carbocycles. The number of hydrogen-bond donors (Lipinski definition) is 0. The molecule has 3 heteroatoms. The lowest BCUT2D eigenvalue weighted by atomic mass is 9.95. The molecule has 0 nitrogen and oxygen atoms in total. The second kappa shape index (κ2) is 6.00. The van der Waals surface area contributed by atoms with Crippen LogP contribution in [0.4, 0.5) is 4.39 Å². The lowest BCUT2D eigenvalue weighted by molar-refractivity contribution is 0.628. The molecule has 3 aromatic rings. The Morgan fingerprint density at radius 1 is 0.714 bits per heavy atom. The lowest BCUT2D eigenvalue weighted by Gasteiger charge is -2.11. The minimum absolute atomic E-state index is 0.232. The van der Waals surface area contributed by atoms with Crippen LogP contribution in [0.1, 0.15) is 0 Å². The highest BCUT2D eigenvalue weighted by molar-refractivity contribution is 9.10. The Balaban J connectivity index is 2.17. The normalized spacial score (nSPS) is 10.6. The second-order valence-corrected chi connectivity index (χ2v) is 6.06. The van der Waals surface area contributed by atoms with Crippen molar-refractivity contribution in [3.8, 4) is 22.3 Å². The van der Waals surface area contributed by atoms with Crippen molar-refractivity contribution in [2.75, 3.05) is 0 Å². The topological polar surface area (TPSA) is 0 Å². The van der Waals surface area contributed by atoms with Gasteiger partial charge in [-0.2, -0.15) is 0 Å². The summed E-state index contributed by atoms with van der Waals surface area (Å²) in [5.74, 6) is -0.232. The van der Waals surface area contributed by atoms with E-state index >= 15 is 0 Å². The lowest BCUT2D eigenvalue weighted by Crippen LogP contribution is -1.86. The second-order valence-electron chi connectivity index (χ2n) is 4.70. The van der Waals surface area contributed by atoms with E-state index in [2.05, 4.69) is 22.0 Å². The molecule has 0 saturated carbocycles. The van der Waals surface area contributed by atoms with Gasteiger partial charge < -0.3 is 0 Å². The van der Waals surface area contributed by atoms with Crippen molar-refractivity contribution in [2.24, 2.45) is 0 Å². The summed E-state index contributed by atoms with van der Waals surface area (Å²) in [7, 11) is 0.